The predicted molar refractivity (Wildman–Crippen MR) is 155 cm³/mol. The molecule has 4 N–H and O–H groups in total. The zero-order valence-corrected chi connectivity index (χ0v) is 23.5. The van der Waals surface area contributed by atoms with Gasteiger partial charge in [0.2, 0.25) is 0 Å². The molecule has 232 valence electrons. The minimum absolute atomic E-state index is 0.148. The fourth-order valence-electron chi connectivity index (χ4n) is 5.30. The number of aromatic carboxylic acids is 4. The Labute approximate surface area is 258 Å². The number of esters is 2. The monoisotopic (exact) mass is 626 g/mol. The van der Waals surface area contributed by atoms with Gasteiger partial charge in [0.15, 0.2) is 0 Å². The first-order valence-electron chi connectivity index (χ1n) is 13.4. The Morgan fingerprint density at radius 1 is 0.543 bits per heavy atom. The average molecular weight is 627 g/mol. The van der Waals surface area contributed by atoms with Gasteiger partial charge in [-0.05, 0) is 59.7 Å². The van der Waals surface area contributed by atoms with Gasteiger partial charge in [0.25, 0.3) is 0 Å². The molecule has 1 aliphatic heterocycles. The molecule has 1 saturated heterocycles. The summed E-state index contributed by atoms with van der Waals surface area (Å²) in [6, 6.07) is 19.8. The van der Waals surface area contributed by atoms with Crippen molar-refractivity contribution in [1.82, 2.24) is 0 Å². The highest BCUT2D eigenvalue weighted by molar-refractivity contribution is 6.04. The lowest BCUT2D eigenvalue weighted by Gasteiger charge is -2.36. The first kappa shape index (κ1) is 30.9. The third kappa shape index (κ3) is 5.97. The van der Waals surface area contributed by atoms with E-state index in [1.54, 1.807) is 24.3 Å². The van der Waals surface area contributed by atoms with E-state index in [2.05, 4.69) is 0 Å². The molecule has 1 fully saturated rings. The molecule has 13 nitrogen and oxygen atoms in total. The van der Waals surface area contributed by atoms with Crippen molar-refractivity contribution in [2.45, 2.75) is 18.3 Å². The summed E-state index contributed by atoms with van der Waals surface area (Å²) in [6.07, 6.45) is -0.459. The molecule has 4 aromatic rings. The summed E-state index contributed by atoms with van der Waals surface area (Å²) < 4.78 is 16.2. The standard InChI is InChI=1S/C33H22O13/c34-25-15-33(16-26(35)46-25,17-7-11-19(12-8-17)44-23-5-1-3-21(29(36)37)27(23)31(40)41)18-9-13-20(14-10-18)45-24-6-2-4-22(30(38)39)28(24)32(42)43/h1-14H,15-16H2,(H,36,37)(H,38,39)(H,40,41)(H,42,43). The zero-order valence-electron chi connectivity index (χ0n) is 23.5. The van der Waals surface area contributed by atoms with Crippen molar-refractivity contribution < 1.29 is 63.4 Å². The molecule has 0 radical (unpaired) electrons. The average Bonchev–Trinajstić information content (AvgIpc) is 3.00. The fraction of sp³-hybridized carbons (Fsp3) is 0.0909. The summed E-state index contributed by atoms with van der Waals surface area (Å²) in [5.74, 6) is -7.54. The van der Waals surface area contributed by atoms with Crippen molar-refractivity contribution in [3.63, 3.8) is 0 Å². The highest BCUT2D eigenvalue weighted by atomic mass is 16.6. The molecule has 0 aliphatic carbocycles. The molecule has 4 aromatic carbocycles. The summed E-state index contributed by atoms with van der Waals surface area (Å²) in [7, 11) is 0. The van der Waals surface area contributed by atoms with Gasteiger partial charge in [0, 0.05) is 5.41 Å². The molecule has 46 heavy (non-hydrogen) atoms. The summed E-state index contributed by atoms with van der Waals surface area (Å²) in [6.45, 7) is 0. The van der Waals surface area contributed by atoms with Crippen LogP contribution in [0.2, 0.25) is 0 Å². The van der Waals surface area contributed by atoms with Crippen molar-refractivity contribution in [1.29, 1.82) is 0 Å². The summed E-state index contributed by atoms with van der Waals surface area (Å²) in [4.78, 5) is 71.7. The fourth-order valence-corrected chi connectivity index (χ4v) is 5.30. The van der Waals surface area contributed by atoms with Crippen molar-refractivity contribution in [2.24, 2.45) is 0 Å². The van der Waals surface area contributed by atoms with Crippen LogP contribution in [0.15, 0.2) is 84.9 Å². The Balaban J connectivity index is 1.48. The molecule has 0 amide bonds. The van der Waals surface area contributed by atoms with E-state index >= 15 is 0 Å². The molecule has 13 heteroatoms. The van der Waals surface area contributed by atoms with Crippen LogP contribution >= 0.6 is 0 Å². The normalized spacial score (nSPS) is 13.7. The Bertz CT molecular complexity index is 1770. The van der Waals surface area contributed by atoms with Crippen LogP contribution in [-0.4, -0.2) is 56.2 Å². The number of benzene rings is 4. The summed E-state index contributed by atoms with van der Waals surface area (Å²) >= 11 is 0. The number of carbonyl (C=O) groups excluding carboxylic acids is 2. The number of hydrogen-bond donors (Lipinski definition) is 4. The number of carboxylic acids is 4. The number of ether oxygens (including phenoxy) is 3. The van der Waals surface area contributed by atoms with E-state index in [1.807, 2.05) is 0 Å². The van der Waals surface area contributed by atoms with Crippen molar-refractivity contribution in [2.75, 3.05) is 0 Å². The molecule has 0 aromatic heterocycles. The first-order chi connectivity index (χ1) is 21.9. The van der Waals surface area contributed by atoms with Crippen molar-refractivity contribution in [3.05, 3.63) is 118 Å². The lowest BCUT2D eigenvalue weighted by atomic mass is 9.69. The molecular formula is C33H22O13. The topological polar surface area (TPSA) is 211 Å². The SMILES string of the molecule is O=C1CC(c2ccc(Oc3cccc(C(=O)O)c3C(=O)O)cc2)(c2ccc(Oc3cccc(C(=O)O)c3C(=O)O)cc2)CC(=O)O1. The van der Waals surface area contributed by atoms with Crippen molar-refractivity contribution in [3.8, 4) is 23.0 Å². The maximum absolute atomic E-state index is 12.5. The van der Waals surface area contributed by atoms with Gasteiger partial charge in [-0.2, -0.15) is 0 Å². The molecule has 0 saturated carbocycles. The van der Waals surface area contributed by atoms with Crippen LogP contribution in [0, 0.1) is 0 Å². The predicted octanol–water partition coefficient (Wildman–Crippen LogP) is 5.21. The van der Waals surface area contributed by atoms with Crippen LogP contribution in [0.1, 0.15) is 65.4 Å². The maximum atomic E-state index is 12.5. The van der Waals surface area contributed by atoms with Gasteiger partial charge in [-0.1, -0.05) is 36.4 Å². The second-order valence-corrected chi connectivity index (χ2v) is 10.1. The number of hydrogen-bond acceptors (Lipinski definition) is 9. The van der Waals surface area contributed by atoms with E-state index in [1.165, 1.54) is 48.5 Å². The molecule has 1 heterocycles. The second kappa shape index (κ2) is 12.2. The Kier molecular flexibility index (Phi) is 8.23. The summed E-state index contributed by atoms with van der Waals surface area (Å²) in [5.41, 5.74) is -2.21. The van der Waals surface area contributed by atoms with Gasteiger partial charge in [-0.25, -0.2) is 19.2 Å². The Hall–Kier alpha value is -6.50. The molecule has 5 rings (SSSR count). The third-order valence-corrected chi connectivity index (χ3v) is 7.33. The molecule has 1 aliphatic rings. The van der Waals surface area contributed by atoms with E-state index in [9.17, 15) is 49.2 Å². The van der Waals surface area contributed by atoms with Gasteiger partial charge in [-0.3, -0.25) is 9.59 Å². The highest BCUT2D eigenvalue weighted by Crippen LogP contribution is 2.44. The van der Waals surface area contributed by atoms with Gasteiger partial charge < -0.3 is 34.6 Å². The Morgan fingerprint density at radius 2 is 0.913 bits per heavy atom. The minimum Gasteiger partial charge on any atom is -0.478 e. The molecule has 0 unspecified atom stereocenters. The molecular weight excluding hydrogens is 604 g/mol. The van der Waals surface area contributed by atoms with E-state index in [4.69, 9.17) is 14.2 Å². The van der Waals surface area contributed by atoms with Crippen LogP contribution in [0.4, 0.5) is 0 Å². The van der Waals surface area contributed by atoms with Gasteiger partial charge in [0.1, 0.15) is 34.1 Å². The number of rotatable bonds is 10. The lowest BCUT2D eigenvalue weighted by molar-refractivity contribution is -0.165. The first-order valence-corrected chi connectivity index (χ1v) is 13.4. The van der Waals surface area contributed by atoms with Gasteiger partial charge in [-0.15, -0.1) is 0 Å². The van der Waals surface area contributed by atoms with Gasteiger partial charge >= 0.3 is 35.8 Å². The smallest absolute Gasteiger partial charge is 0.340 e. The Morgan fingerprint density at radius 3 is 1.24 bits per heavy atom. The lowest BCUT2D eigenvalue weighted by Crippen LogP contribution is -2.40. The quantitative estimate of drug-likeness (QED) is 0.132. The third-order valence-electron chi connectivity index (χ3n) is 7.33. The van der Waals surface area contributed by atoms with Gasteiger partial charge in [0.05, 0.1) is 24.0 Å². The van der Waals surface area contributed by atoms with E-state index in [0.717, 1.165) is 12.1 Å². The molecule has 0 spiro atoms. The van der Waals surface area contributed by atoms with Crippen LogP contribution in [0.5, 0.6) is 23.0 Å². The molecule has 0 atom stereocenters. The zero-order chi connectivity index (χ0) is 33.2. The van der Waals surface area contributed by atoms with Crippen LogP contribution in [-0.2, 0) is 19.7 Å². The van der Waals surface area contributed by atoms with Crippen molar-refractivity contribution >= 4 is 35.8 Å². The number of carbonyl (C=O) groups is 6. The van der Waals surface area contributed by atoms with Crippen LogP contribution in [0.25, 0.3) is 0 Å². The van der Waals surface area contributed by atoms with Crippen LogP contribution in [0.3, 0.4) is 0 Å². The molecule has 0 bridgehead atoms. The van der Waals surface area contributed by atoms with E-state index in [0.29, 0.717) is 11.1 Å². The summed E-state index contributed by atoms with van der Waals surface area (Å²) in [5, 5.41) is 38.0. The van der Waals surface area contributed by atoms with Crippen LogP contribution < -0.4 is 9.47 Å². The minimum atomic E-state index is -1.50. The van der Waals surface area contributed by atoms with E-state index < -0.39 is 63.5 Å². The number of cyclic esters (lactones) is 2. The number of carboxylic acid groups (broad SMARTS) is 4. The maximum Gasteiger partial charge on any atom is 0.340 e. The second-order valence-electron chi connectivity index (χ2n) is 10.1. The van der Waals surface area contributed by atoms with E-state index in [-0.39, 0.29) is 35.8 Å². The highest BCUT2D eigenvalue weighted by Gasteiger charge is 2.44. The largest absolute Gasteiger partial charge is 0.478 e.